The minimum Gasteiger partial charge on any atom is -0.482 e. The lowest BCUT2D eigenvalue weighted by atomic mass is 10.2. The summed E-state index contributed by atoms with van der Waals surface area (Å²) in [5, 5.41) is 6.43. The highest BCUT2D eigenvalue weighted by atomic mass is 35.5. The maximum Gasteiger partial charge on any atom is 0.329 e. The van der Waals surface area contributed by atoms with Gasteiger partial charge in [-0.1, -0.05) is 11.6 Å². The number of carbonyl (C=O) groups is 3. The summed E-state index contributed by atoms with van der Waals surface area (Å²) in [4.78, 5) is 34.0. The topological polar surface area (TPSA) is 132 Å². The summed E-state index contributed by atoms with van der Waals surface area (Å²) in [5.74, 6) is -2.00. The predicted octanol–water partition coefficient (Wildman–Crippen LogP) is -0.0506. The molecule has 0 aromatic heterocycles. The van der Waals surface area contributed by atoms with Crippen molar-refractivity contribution in [1.29, 1.82) is 0 Å². The summed E-state index contributed by atoms with van der Waals surface area (Å²) < 4.78 is 10.5. The van der Waals surface area contributed by atoms with E-state index < -0.39 is 17.7 Å². The Morgan fingerprint density at radius 2 is 2.19 bits per heavy atom. The van der Waals surface area contributed by atoms with E-state index >= 15 is 0 Å². The van der Waals surface area contributed by atoms with Crippen molar-refractivity contribution in [1.82, 2.24) is 10.7 Å². The van der Waals surface area contributed by atoms with Crippen LogP contribution in [0, 0.1) is 0 Å². The third-order valence-electron chi connectivity index (χ3n) is 3.43. The van der Waals surface area contributed by atoms with E-state index in [-0.39, 0.29) is 17.7 Å². The molecule has 26 heavy (non-hydrogen) atoms. The maximum absolute atomic E-state index is 11.6. The zero-order valence-electron chi connectivity index (χ0n) is 13.9. The van der Waals surface area contributed by atoms with E-state index in [2.05, 4.69) is 15.8 Å². The molecule has 0 bridgehead atoms. The number of nitrogens with zero attached hydrogens (tertiary/aromatic N) is 1. The van der Waals surface area contributed by atoms with Crippen LogP contribution in [0.5, 0.6) is 5.75 Å². The number of rotatable bonds is 7. The number of hydrazone groups is 1. The molecule has 1 aliphatic heterocycles. The molecule has 0 radical (unpaired) electrons. The summed E-state index contributed by atoms with van der Waals surface area (Å²) in [5.41, 5.74) is 7.67. The average molecular weight is 383 g/mol. The van der Waals surface area contributed by atoms with E-state index in [0.29, 0.717) is 24.5 Å². The third kappa shape index (κ3) is 6.34. The van der Waals surface area contributed by atoms with Crippen LogP contribution in [-0.2, 0) is 19.1 Å². The van der Waals surface area contributed by atoms with Crippen molar-refractivity contribution in [3.8, 4) is 5.75 Å². The zero-order chi connectivity index (χ0) is 18.9. The smallest absolute Gasteiger partial charge is 0.329 e. The Hall–Kier alpha value is -2.65. The molecule has 1 aliphatic rings. The van der Waals surface area contributed by atoms with Gasteiger partial charge in [0.05, 0.1) is 17.3 Å². The first-order valence-electron chi connectivity index (χ1n) is 7.89. The summed E-state index contributed by atoms with van der Waals surface area (Å²) >= 11 is 6.01. The number of nitrogens with two attached hydrogens (primary N) is 1. The van der Waals surface area contributed by atoms with Crippen molar-refractivity contribution in [2.24, 2.45) is 10.8 Å². The first-order valence-corrected chi connectivity index (χ1v) is 8.27. The minimum absolute atomic E-state index is 0.0484. The molecule has 0 spiro atoms. The molecule has 0 saturated carbocycles. The van der Waals surface area contributed by atoms with Gasteiger partial charge in [-0.2, -0.15) is 5.10 Å². The number of carbonyl (C=O) groups excluding carboxylic acids is 3. The monoisotopic (exact) mass is 382 g/mol. The highest BCUT2D eigenvalue weighted by molar-refractivity contribution is 6.35. The van der Waals surface area contributed by atoms with Crippen LogP contribution in [0.1, 0.15) is 18.4 Å². The van der Waals surface area contributed by atoms with Gasteiger partial charge in [0.1, 0.15) is 5.75 Å². The lowest BCUT2D eigenvalue weighted by Gasteiger charge is -2.09. The molecule has 1 aromatic rings. The van der Waals surface area contributed by atoms with Crippen LogP contribution in [0.25, 0.3) is 0 Å². The molecule has 0 unspecified atom stereocenters. The molecule has 1 saturated heterocycles. The fourth-order valence-electron chi connectivity index (χ4n) is 2.17. The lowest BCUT2D eigenvalue weighted by molar-refractivity contribution is -0.139. The summed E-state index contributed by atoms with van der Waals surface area (Å²) in [6.07, 6.45) is 3.08. The van der Waals surface area contributed by atoms with E-state index in [1.807, 2.05) is 0 Å². The summed E-state index contributed by atoms with van der Waals surface area (Å²) in [6, 6.07) is 4.66. The number of halogens is 1. The van der Waals surface area contributed by atoms with E-state index in [4.69, 9.17) is 26.8 Å². The molecule has 10 heteroatoms. The number of hydrogen-bond donors (Lipinski definition) is 3. The Bertz CT molecular complexity index is 704. The van der Waals surface area contributed by atoms with Gasteiger partial charge >= 0.3 is 11.8 Å². The van der Waals surface area contributed by atoms with E-state index in [1.165, 1.54) is 18.3 Å². The fraction of sp³-hybridized carbons (Fsp3) is 0.375. The first kappa shape index (κ1) is 19.7. The molecular formula is C16H19ClN4O5. The van der Waals surface area contributed by atoms with Crippen molar-refractivity contribution in [3.05, 3.63) is 28.8 Å². The van der Waals surface area contributed by atoms with Crippen LogP contribution >= 0.6 is 11.6 Å². The summed E-state index contributed by atoms with van der Waals surface area (Å²) in [7, 11) is 0. The highest BCUT2D eigenvalue weighted by Gasteiger charge is 2.18. The van der Waals surface area contributed by atoms with Gasteiger partial charge in [-0.25, -0.2) is 5.43 Å². The number of hydrogen-bond acceptors (Lipinski definition) is 6. The molecule has 140 valence electrons. The van der Waals surface area contributed by atoms with Gasteiger partial charge < -0.3 is 20.5 Å². The molecule has 2 rings (SSSR count). The third-order valence-corrected chi connectivity index (χ3v) is 3.72. The normalized spacial score (nSPS) is 16.4. The van der Waals surface area contributed by atoms with Gasteiger partial charge in [-0.15, -0.1) is 0 Å². The zero-order valence-corrected chi connectivity index (χ0v) is 14.6. The van der Waals surface area contributed by atoms with Crippen molar-refractivity contribution in [2.75, 3.05) is 19.8 Å². The van der Waals surface area contributed by atoms with Gasteiger partial charge in [0.15, 0.2) is 6.61 Å². The van der Waals surface area contributed by atoms with Gasteiger partial charge in [0, 0.05) is 13.2 Å². The number of benzene rings is 1. The van der Waals surface area contributed by atoms with Crippen molar-refractivity contribution in [2.45, 2.75) is 18.9 Å². The molecule has 1 fully saturated rings. The second-order valence-electron chi connectivity index (χ2n) is 5.49. The van der Waals surface area contributed by atoms with E-state index in [9.17, 15) is 14.4 Å². The van der Waals surface area contributed by atoms with Crippen LogP contribution in [0.15, 0.2) is 23.3 Å². The Kier molecular flexibility index (Phi) is 7.37. The Labute approximate surface area is 154 Å². The van der Waals surface area contributed by atoms with Crippen molar-refractivity contribution >= 4 is 35.5 Å². The fourth-order valence-corrected chi connectivity index (χ4v) is 2.42. The molecule has 9 nitrogen and oxygen atoms in total. The predicted molar refractivity (Wildman–Crippen MR) is 93.9 cm³/mol. The van der Waals surface area contributed by atoms with Crippen LogP contribution in [0.2, 0.25) is 5.02 Å². The lowest BCUT2D eigenvalue weighted by Crippen LogP contribution is -2.41. The largest absolute Gasteiger partial charge is 0.482 e. The number of nitrogens with one attached hydrogen (secondary N) is 2. The SMILES string of the molecule is NC(=O)COc1ccc(/C=N\NC(=O)C(=O)NC[C@@H]2CCCO2)cc1Cl. The summed E-state index contributed by atoms with van der Waals surface area (Å²) in [6.45, 7) is 0.675. The molecule has 3 amide bonds. The Balaban J connectivity index is 1.79. The minimum atomic E-state index is -0.883. The number of ether oxygens (including phenoxy) is 2. The van der Waals surface area contributed by atoms with Crippen LogP contribution in [0.4, 0.5) is 0 Å². The Morgan fingerprint density at radius 3 is 2.85 bits per heavy atom. The quantitative estimate of drug-likeness (QED) is 0.345. The standard InChI is InChI=1S/C16H19ClN4O5/c17-12-6-10(3-4-13(12)26-9-14(18)22)7-20-21-16(24)15(23)19-8-11-2-1-5-25-11/h3-4,6-7,11H,1-2,5,8-9H2,(H2,18,22)(H,19,23)(H,21,24)/b20-7-/t11-/m0/s1. The average Bonchev–Trinajstić information content (AvgIpc) is 3.12. The first-order chi connectivity index (χ1) is 12.5. The van der Waals surface area contributed by atoms with Crippen LogP contribution in [-0.4, -0.2) is 49.8 Å². The maximum atomic E-state index is 11.6. The second kappa shape index (κ2) is 9.73. The van der Waals surface area contributed by atoms with Gasteiger partial charge in [0.25, 0.3) is 5.91 Å². The van der Waals surface area contributed by atoms with Crippen molar-refractivity contribution < 1.29 is 23.9 Å². The molecule has 1 aromatic carbocycles. The van der Waals surface area contributed by atoms with Gasteiger partial charge in [0.2, 0.25) is 0 Å². The van der Waals surface area contributed by atoms with Crippen LogP contribution in [0.3, 0.4) is 0 Å². The second-order valence-corrected chi connectivity index (χ2v) is 5.90. The van der Waals surface area contributed by atoms with Crippen molar-refractivity contribution in [3.63, 3.8) is 0 Å². The van der Waals surface area contributed by atoms with Gasteiger partial charge in [-0.05, 0) is 36.6 Å². The number of amides is 3. The van der Waals surface area contributed by atoms with Crippen LogP contribution < -0.4 is 21.2 Å². The van der Waals surface area contributed by atoms with E-state index in [1.54, 1.807) is 6.07 Å². The molecule has 4 N–H and O–H groups in total. The molecule has 1 heterocycles. The highest BCUT2D eigenvalue weighted by Crippen LogP contribution is 2.24. The van der Waals surface area contributed by atoms with Gasteiger partial charge in [-0.3, -0.25) is 14.4 Å². The Morgan fingerprint density at radius 1 is 1.38 bits per heavy atom. The van der Waals surface area contributed by atoms with E-state index in [0.717, 1.165) is 12.8 Å². The molecule has 0 aliphatic carbocycles. The molecular weight excluding hydrogens is 364 g/mol. The molecule has 1 atom stereocenters. The number of primary amides is 1.